The molecule has 0 spiro atoms. The number of ether oxygens (including phenoxy) is 1. The number of carbonyl (C=O) groups excluding carboxylic acids is 2. The first-order valence-corrected chi connectivity index (χ1v) is 9.69. The molecule has 3 rings (SSSR count). The Kier molecular flexibility index (Phi) is 5.54. The van der Waals surface area contributed by atoms with Gasteiger partial charge in [-0.1, -0.05) is 24.3 Å². The van der Waals surface area contributed by atoms with Gasteiger partial charge in [0.15, 0.2) is 0 Å². The highest BCUT2D eigenvalue weighted by molar-refractivity contribution is 5.80. The van der Waals surface area contributed by atoms with E-state index in [1.54, 1.807) is 4.90 Å². The molecule has 0 unspecified atom stereocenters. The Labute approximate surface area is 156 Å². The van der Waals surface area contributed by atoms with Crippen LogP contribution in [0.2, 0.25) is 0 Å². The number of hydrogen-bond acceptors (Lipinski definition) is 3. The van der Waals surface area contributed by atoms with Crippen LogP contribution in [0.4, 0.5) is 4.79 Å². The largest absolute Gasteiger partial charge is 0.444 e. The van der Waals surface area contributed by atoms with E-state index >= 15 is 0 Å². The molecule has 1 fully saturated rings. The van der Waals surface area contributed by atoms with Crippen molar-refractivity contribution in [1.29, 1.82) is 0 Å². The maximum absolute atomic E-state index is 12.8. The van der Waals surface area contributed by atoms with Crippen molar-refractivity contribution in [3.05, 3.63) is 35.4 Å². The zero-order chi connectivity index (χ0) is 18.7. The van der Waals surface area contributed by atoms with Crippen molar-refractivity contribution in [3.63, 3.8) is 0 Å². The van der Waals surface area contributed by atoms with Gasteiger partial charge in [-0.2, -0.15) is 0 Å². The highest BCUT2D eigenvalue weighted by Gasteiger charge is 2.32. The first kappa shape index (κ1) is 18.7. The molecule has 2 amide bonds. The Morgan fingerprint density at radius 1 is 1.15 bits per heavy atom. The Morgan fingerprint density at radius 3 is 2.69 bits per heavy atom. The number of benzene rings is 1. The van der Waals surface area contributed by atoms with Crippen LogP contribution in [0, 0.1) is 5.92 Å². The molecule has 0 saturated carbocycles. The van der Waals surface area contributed by atoms with Crippen LogP contribution >= 0.6 is 0 Å². The molecule has 1 aliphatic heterocycles. The third-order valence-electron chi connectivity index (χ3n) is 5.13. The van der Waals surface area contributed by atoms with E-state index in [0.29, 0.717) is 13.1 Å². The Balaban J connectivity index is 1.61. The summed E-state index contributed by atoms with van der Waals surface area (Å²) < 4.78 is 5.46. The van der Waals surface area contributed by atoms with E-state index in [-0.39, 0.29) is 24.0 Å². The monoisotopic (exact) mass is 358 g/mol. The van der Waals surface area contributed by atoms with Gasteiger partial charge in [0.1, 0.15) is 5.60 Å². The molecule has 0 radical (unpaired) electrons. The van der Waals surface area contributed by atoms with Gasteiger partial charge in [0, 0.05) is 13.1 Å². The minimum Gasteiger partial charge on any atom is -0.444 e. The molecule has 2 aliphatic rings. The van der Waals surface area contributed by atoms with Gasteiger partial charge in [-0.05, 0) is 64.0 Å². The molecule has 1 aliphatic carbocycles. The van der Waals surface area contributed by atoms with Crippen molar-refractivity contribution in [2.24, 2.45) is 5.92 Å². The van der Waals surface area contributed by atoms with Crippen LogP contribution < -0.4 is 5.32 Å². The van der Waals surface area contributed by atoms with Gasteiger partial charge in [-0.25, -0.2) is 4.79 Å². The lowest BCUT2D eigenvalue weighted by Gasteiger charge is -2.34. The van der Waals surface area contributed by atoms with Gasteiger partial charge in [0.05, 0.1) is 12.0 Å². The lowest BCUT2D eigenvalue weighted by molar-refractivity contribution is -0.127. The standard InChI is InChI=1S/C21H30N2O3/c1-21(2,3)26-20(25)23-13-7-10-16(14-23)19(24)22-18-12-6-9-15-8-4-5-11-17(15)18/h4-5,8,11,16,18H,6-7,9-10,12-14H2,1-3H3,(H,22,24)/t16-,18-/m1/s1. The van der Waals surface area contributed by atoms with Crippen molar-refractivity contribution in [2.75, 3.05) is 13.1 Å². The summed E-state index contributed by atoms with van der Waals surface area (Å²) in [6.07, 6.45) is 4.48. The topological polar surface area (TPSA) is 58.6 Å². The summed E-state index contributed by atoms with van der Waals surface area (Å²) in [7, 11) is 0. The summed E-state index contributed by atoms with van der Waals surface area (Å²) in [4.78, 5) is 26.8. The zero-order valence-corrected chi connectivity index (χ0v) is 16.1. The van der Waals surface area contributed by atoms with Crippen molar-refractivity contribution in [3.8, 4) is 0 Å². The fraction of sp³-hybridized carbons (Fsp3) is 0.619. The minimum absolute atomic E-state index is 0.0555. The maximum atomic E-state index is 12.8. The summed E-state index contributed by atoms with van der Waals surface area (Å²) in [5.74, 6) is -0.106. The van der Waals surface area contributed by atoms with Gasteiger partial charge >= 0.3 is 6.09 Å². The van der Waals surface area contributed by atoms with Crippen LogP contribution in [0.5, 0.6) is 0 Å². The van der Waals surface area contributed by atoms with Crippen molar-refractivity contribution >= 4 is 12.0 Å². The zero-order valence-electron chi connectivity index (χ0n) is 16.1. The molecule has 2 atom stereocenters. The molecule has 0 bridgehead atoms. The van der Waals surface area contributed by atoms with Crippen molar-refractivity contribution in [2.45, 2.75) is 64.5 Å². The Hall–Kier alpha value is -2.04. The third-order valence-corrected chi connectivity index (χ3v) is 5.13. The highest BCUT2D eigenvalue weighted by atomic mass is 16.6. The molecule has 5 heteroatoms. The van der Waals surface area contributed by atoms with Gasteiger partial charge in [-0.15, -0.1) is 0 Å². The predicted octanol–water partition coefficient (Wildman–Crippen LogP) is 3.83. The smallest absolute Gasteiger partial charge is 0.410 e. The molecule has 5 nitrogen and oxygen atoms in total. The number of nitrogens with one attached hydrogen (secondary N) is 1. The van der Waals surface area contributed by atoms with E-state index < -0.39 is 5.60 Å². The van der Waals surface area contributed by atoms with Crippen LogP contribution in [0.1, 0.15) is 63.6 Å². The second-order valence-electron chi connectivity index (χ2n) is 8.42. The van der Waals surface area contributed by atoms with Crippen LogP contribution in [0.3, 0.4) is 0 Å². The number of carbonyl (C=O) groups is 2. The number of amides is 2. The van der Waals surface area contributed by atoms with E-state index in [4.69, 9.17) is 4.74 Å². The lowest BCUT2D eigenvalue weighted by Crippen LogP contribution is -2.47. The normalized spacial score (nSPS) is 23.1. The van der Waals surface area contributed by atoms with Crippen molar-refractivity contribution < 1.29 is 14.3 Å². The maximum Gasteiger partial charge on any atom is 0.410 e. The van der Waals surface area contributed by atoms with E-state index in [1.165, 1.54) is 11.1 Å². The molecule has 1 N–H and O–H groups in total. The number of aryl methyl sites for hydroxylation is 1. The number of hydrogen-bond donors (Lipinski definition) is 1. The fourth-order valence-electron chi connectivity index (χ4n) is 3.88. The second kappa shape index (κ2) is 7.68. The summed E-state index contributed by atoms with van der Waals surface area (Å²) >= 11 is 0. The molecule has 1 aromatic carbocycles. The third kappa shape index (κ3) is 4.57. The van der Waals surface area contributed by atoms with E-state index in [0.717, 1.165) is 32.1 Å². The molecule has 26 heavy (non-hydrogen) atoms. The lowest BCUT2D eigenvalue weighted by atomic mass is 9.87. The van der Waals surface area contributed by atoms with Gasteiger partial charge < -0.3 is 15.0 Å². The van der Waals surface area contributed by atoms with Crippen LogP contribution in [0.25, 0.3) is 0 Å². The summed E-state index contributed by atoms with van der Waals surface area (Å²) in [6.45, 7) is 6.68. The fourth-order valence-corrected chi connectivity index (χ4v) is 3.88. The molecule has 142 valence electrons. The number of likely N-dealkylation sites (tertiary alicyclic amines) is 1. The molecular formula is C21H30N2O3. The minimum atomic E-state index is -0.516. The molecular weight excluding hydrogens is 328 g/mol. The Morgan fingerprint density at radius 2 is 1.92 bits per heavy atom. The van der Waals surface area contributed by atoms with Crippen LogP contribution in [0.15, 0.2) is 24.3 Å². The van der Waals surface area contributed by atoms with Crippen LogP contribution in [-0.4, -0.2) is 35.6 Å². The van der Waals surface area contributed by atoms with Crippen molar-refractivity contribution in [1.82, 2.24) is 10.2 Å². The van der Waals surface area contributed by atoms with Gasteiger partial charge in [-0.3, -0.25) is 4.79 Å². The average Bonchev–Trinajstić information content (AvgIpc) is 2.61. The number of nitrogens with zero attached hydrogens (tertiary/aromatic N) is 1. The van der Waals surface area contributed by atoms with E-state index in [2.05, 4.69) is 23.5 Å². The van der Waals surface area contributed by atoms with Gasteiger partial charge in [0.2, 0.25) is 5.91 Å². The summed E-state index contributed by atoms with van der Waals surface area (Å²) in [5, 5.41) is 3.23. The van der Waals surface area contributed by atoms with Gasteiger partial charge in [0.25, 0.3) is 0 Å². The molecule has 0 aromatic heterocycles. The molecule has 1 heterocycles. The first-order chi connectivity index (χ1) is 12.3. The predicted molar refractivity (Wildman–Crippen MR) is 101 cm³/mol. The highest BCUT2D eigenvalue weighted by Crippen LogP contribution is 2.30. The second-order valence-corrected chi connectivity index (χ2v) is 8.42. The first-order valence-electron chi connectivity index (χ1n) is 9.69. The van der Waals surface area contributed by atoms with E-state index in [9.17, 15) is 9.59 Å². The Bertz CT molecular complexity index is 665. The quantitative estimate of drug-likeness (QED) is 0.874. The number of piperidine rings is 1. The molecule has 1 aromatic rings. The number of fused-ring (bicyclic) bond motifs is 1. The number of rotatable bonds is 2. The van der Waals surface area contributed by atoms with Crippen LogP contribution in [-0.2, 0) is 16.0 Å². The SMILES string of the molecule is CC(C)(C)OC(=O)N1CCC[C@@H](C(=O)N[C@@H]2CCCc3ccccc32)C1. The van der Waals surface area contributed by atoms with E-state index in [1.807, 2.05) is 26.8 Å². The molecule has 1 saturated heterocycles. The summed E-state index contributed by atoms with van der Waals surface area (Å²) in [6, 6.07) is 8.45. The average molecular weight is 358 g/mol. The summed E-state index contributed by atoms with van der Waals surface area (Å²) in [5.41, 5.74) is 2.06.